The Kier molecular flexibility index (Phi) is 2.93. The summed E-state index contributed by atoms with van der Waals surface area (Å²) in [6.45, 7) is 0. The van der Waals surface area contributed by atoms with Gasteiger partial charge in [0.25, 0.3) is 5.56 Å². The molecule has 0 aliphatic rings. The first-order valence-corrected chi connectivity index (χ1v) is 6.10. The summed E-state index contributed by atoms with van der Waals surface area (Å²) in [6, 6.07) is 12.7. The van der Waals surface area contributed by atoms with Gasteiger partial charge in [0.1, 0.15) is 0 Å². The van der Waals surface area contributed by atoms with Crippen LogP contribution < -0.4 is 5.56 Å². The zero-order chi connectivity index (χ0) is 13.2. The Hall–Kier alpha value is -2.33. The van der Waals surface area contributed by atoms with Crippen molar-refractivity contribution in [3.63, 3.8) is 0 Å². The monoisotopic (exact) mass is 271 g/mol. The van der Waals surface area contributed by atoms with Crippen molar-refractivity contribution in [2.75, 3.05) is 0 Å². The molecule has 0 radical (unpaired) electrons. The van der Waals surface area contributed by atoms with Crippen LogP contribution in [-0.4, -0.2) is 14.8 Å². The quantitative estimate of drug-likeness (QED) is 0.779. The summed E-state index contributed by atoms with van der Waals surface area (Å²) in [5, 5.41) is 7.10. The molecule has 0 spiro atoms. The normalized spacial score (nSPS) is 10.6. The third-order valence-corrected chi connectivity index (χ3v) is 3.05. The zero-order valence-corrected chi connectivity index (χ0v) is 10.6. The van der Waals surface area contributed by atoms with E-state index in [2.05, 4.69) is 10.2 Å². The molecule has 0 unspecified atom stereocenters. The minimum Gasteiger partial charge on any atom is -0.307 e. The van der Waals surface area contributed by atoms with Gasteiger partial charge in [0.2, 0.25) is 0 Å². The van der Waals surface area contributed by atoms with E-state index in [4.69, 9.17) is 11.6 Å². The highest BCUT2D eigenvalue weighted by atomic mass is 35.5. The summed E-state index contributed by atoms with van der Waals surface area (Å²) < 4.78 is 1.85. The largest absolute Gasteiger partial charge is 0.307 e. The van der Waals surface area contributed by atoms with Gasteiger partial charge < -0.3 is 4.57 Å². The molecular weight excluding hydrogens is 262 g/mol. The molecule has 1 N–H and O–H groups in total. The van der Waals surface area contributed by atoms with Gasteiger partial charge in [0, 0.05) is 23.5 Å². The molecule has 0 atom stereocenters. The van der Waals surface area contributed by atoms with Crippen LogP contribution in [0.5, 0.6) is 0 Å². The fraction of sp³-hybridized carbons (Fsp3) is 0. The Bertz CT molecular complexity index is 738. The fourth-order valence-corrected chi connectivity index (χ4v) is 1.96. The Morgan fingerprint density at radius 2 is 1.79 bits per heavy atom. The first-order chi connectivity index (χ1) is 9.22. The smallest absolute Gasteiger partial charge is 0.264 e. The molecule has 94 valence electrons. The van der Waals surface area contributed by atoms with Gasteiger partial charge in [-0.05, 0) is 35.4 Å². The second-order valence-corrected chi connectivity index (χ2v) is 4.53. The first kappa shape index (κ1) is 11.7. The average Bonchev–Trinajstić information content (AvgIpc) is 2.90. The highest BCUT2D eigenvalue weighted by Gasteiger charge is 2.03. The lowest BCUT2D eigenvalue weighted by Crippen LogP contribution is -2.08. The second-order valence-electron chi connectivity index (χ2n) is 4.09. The van der Waals surface area contributed by atoms with Crippen molar-refractivity contribution in [1.82, 2.24) is 14.8 Å². The SMILES string of the molecule is O=c1ccc(-n2ccc(-c3ccc(Cl)cc3)c2)n[nH]1. The minimum atomic E-state index is -0.214. The number of hydrogen-bond acceptors (Lipinski definition) is 2. The van der Waals surface area contributed by atoms with Crippen molar-refractivity contribution < 1.29 is 0 Å². The first-order valence-electron chi connectivity index (χ1n) is 5.72. The summed E-state index contributed by atoms with van der Waals surface area (Å²) in [7, 11) is 0. The topological polar surface area (TPSA) is 50.7 Å². The van der Waals surface area contributed by atoms with E-state index in [1.54, 1.807) is 6.07 Å². The van der Waals surface area contributed by atoms with Gasteiger partial charge >= 0.3 is 0 Å². The molecule has 4 nitrogen and oxygen atoms in total. The maximum Gasteiger partial charge on any atom is 0.264 e. The lowest BCUT2D eigenvalue weighted by atomic mass is 10.1. The maximum atomic E-state index is 11.0. The standard InChI is InChI=1S/C14H10ClN3O/c15-12-3-1-10(2-4-12)11-7-8-18(9-11)13-5-6-14(19)17-16-13/h1-9H,(H,17,19). The molecule has 0 saturated heterocycles. The molecule has 5 heteroatoms. The van der Waals surface area contributed by atoms with Gasteiger partial charge in [0.15, 0.2) is 5.82 Å². The van der Waals surface area contributed by atoms with Crippen LogP contribution in [0.4, 0.5) is 0 Å². The van der Waals surface area contributed by atoms with Gasteiger partial charge in [-0.2, -0.15) is 5.10 Å². The number of H-pyrrole nitrogens is 1. The van der Waals surface area contributed by atoms with E-state index in [1.807, 2.05) is 47.3 Å². The molecule has 2 heterocycles. The lowest BCUT2D eigenvalue weighted by Gasteiger charge is -2.00. The molecule has 0 amide bonds. The summed E-state index contributed by atoms with van der Waals surface area (Å²) in [6.07, 6.45) is 3.84. The zero-order valence-electron chi connectivity index (χ0n) is 9.88. The van der Waals surface area contributed by atoms with Crippen LogP contribution >= 0.6 is 11.6 Å². The predicted octanol–water partition coefficient (Wildman–Crippen LogP) is 2.88. The molecule has 3 aromatic rings. The number of nitrogens with one attached hydrogen (secondary N) is 1. The fourth-order valence-electron chi connectivity index (χ4n) is 1.83. The third-order valence-electron chi connectivity index (χ3n) is 2.80. The van der Waals surface area contributed by atoms with Crippen molar-refractivity contribution in [3.8, 4) is 16.9 Å². The van der Waals surface area contributed by atoms with Crippen LogP contribution in [-0.2, 0) is 0 Å². The number of rotatable bonds is 2. The van der Waals surface area contributed by atoms with E-state index in [0.717, 1.165) is 11.1 Å². The molecule has 0 aliphatic heterocycles. The van der Waals surface area contributed by atoms with Gasteiger partial charge in [-0.15, -0.1) is 0 Å². The molecule has 2 aromatic heterocycles. The van der Waals surface area contributed by atoms with Crippen molar-refractivity contribution >= 4 is 11.6 Å². The van der Waals surface area contributed by atoms with E-state index in [9.17, 15) is 4.79 Å². The molecule has 0 aliphatic carbocycles. The molecule has 0 bridgehead atoms. The Morgan fingerprint density at radius 1 is 1.00 bits per heavy atom. The van der Waals surface area contributed by atoms with Crippen LogP contribution in [0.1, 0.15) is 0 Å². The Balaban J connectivity index is 1.97. The van der Waals surface area contributed by atoms with E-state index >= 15 is 0 Å². The average molecular weight is 272 g/mol. The van der Waals surface area contributed by atoms with Crippen LogP contribution in [0.15, 0.2) is 59.7 Å². The molecule has 1 aromatic carbocycles. The van der Waals surface area contributed by atoms with Crippen molar-refractivity contribution in [3.05, 3.63) is 70.2 Å². The van der Waals surface area contributed by atoms with Gasteiger partial charge in [0.05, 0.1) is 0 Å². The molecule has 0 saturated carbocycles. The number of nitrogens with zero attached hydrogens (tertiary/aromatic N) is 2. The molecule has 19 heavy (non-hydrogen) atoms. The third kappa shape index (κ3) is 2.44. The molecule has 0 fully saturated rings. The van der Waals surface area contributed by atoms with Crippen LogP contribution in [0, 0.1) is 0 Å². The molecule has 3 rings (SSSR count). The van der Waals surface area contributed by atoms with Gasteiger partial charge in [-0.25, -0.2) is 5.10 Å². The number of hydrogen-bond donors (Lipinski definition) is 1. The summed E-state index contributed by atoms with van der Waals surface area (Å²) >= 11 is 5.87. The van der Waals surface area contributed by atoms with Crippen LogP contribution in [0.3, 0.4) is 0 Å². The van der Waals surface area contributed by atoms with Gasteiger partial charge in [-0.1, -0.05) is 23.7 Å². The van der Waals surface area contributed by atoms with Crippen molar-refractivity contribution in [2.45, 2.75) is 0 Å². The lowest BCUT2D eigenvalue weighted by molar-refractivity contribution is 0.899. The summed E-state index contributed by atoms with van der Waals surface area (Å²) in [5.74, 6) is 0.666. The van der Waals surface area contributed by atoms with E-state index in [-0.39, 0.29) is 5.56 Å². The van der Waals surface area contributed by atoms with Crippen molar-refractivity contribution in [2.24, 2.45) is 0 Å². The number of halogens is 1. The highest BCUT2D eigenvalue weighted by molar-refractivity contribution is 6.30. The predicted molar refractivity (Wildman–Crippen MR) is 74.6 cm³/mol. The van der Waals surface area contributed by atoms with Gasteiger partial charge in [-0.3, -0.25) is 4.79 Å². The summed E-state index contributed by atoms with van der Waals surface area (Å²) in [5.41, 5.74) is 1.92. The number of benzene rings is 1. The van der Waals surface area contributed by atoms with Crippen LogP contribution in [0.2, 0.25) is 5.02 Å². The van der Waals surface area contributed by atoms with Crippen molar-refractivity contribution in [1.29, 1.82) is 0 Å². The molecular formula is C14H10ClN3O. The maximum absolute atomic E-state index is 11.0. The highest BCUT2D eigenvalue weighted by Crippen LogP contribution is 2.22. The minimum absolute atomic E-state index is 0.214. The van der Waals surface area contributed by atoms with E-state index in [0.29, 0.717) is 10.8 Å². The Morgan fingerprint density at radius 3 is 2.47 bits per heavy atom. The summed E-state index contributed by atoms with van der Waals surface area (Å²) in [4.78, 5) is 11.0. The van der Waals surface area contributed by atoms with E-state index < -0.39 is 0 Å². The number of aromatic amines is 1. The van der Waals surface area contributed by atoms with Crippen LogP contribution in [0.25, 0.3) is 16.9 Å². The Labute approximate surface area is 114 Å². The van der Waals surface area contributed by atoms with E-state index in [1.165, 1.54) is 6.07 Å². The number of aromatic nitrogens is 3. The second kappa shape index (κ2) is 4.74.